The number of nitrogens with zero attached hydrogens (tertiary/aromatic N) is 1. The van der Waals surface area contributed by atoms with Gasteiger partial charge in [0.15, 0.2) is 0 Å². The van der Waals surface area contributed by atoms with Gasteiger partial charge in [0, 0.05) is 48.0 Å². The van der Waals surface area contributed by atoms with Crippen LogP contribution in [0.2, 0.25) is 0 Å². The average Bonchev–Trinajstić information content (AvgIpc) is 3.35. The van der Waals surface area contributed by atoms with Crippen LogP contribution in [0.3, 0.4) is 0 Å². The standard InChI is InChI=1S/C26H23N5O3/c1-34-22-8-5-18(6-9-22)7-10-24(32)31-21-4-2-3-19(15-21)16-29-26(33)30-17-20-11-13-27-25-23(20)12-14-28-25/h2-6,8-9,11-15H,16-17H2,1H3,(H,27,28)(H,31,32)(H2,29,30,33). The van der Waals surface area contributed by atoms with Gasteiger partial charge in [-0.3, -0.25) is 4.79 Å². The van der Waals surface area contributed by atoms with Gasteiger partial charge in [0.05, 0.1) is 7.11 Å². The number of benzene rings is 2. The predicted octanol–water partition coefficient (Wildman–Crippen LogP) is 3.56. The third-order valence-electron chi connectivity index (χ3n) is 5.04. The molecule has 2 aromatic carbocycles. The van der Waals surface area contributed by atoms with Crippen LogP contribution in [0.25, 0.3) is 11.0 Å². The van der Waals surface area contributed by atoms with Crippen LogP contribution in [0.4, 0.5) is 10.5 Å². The van der Waals surface area contributed by atoms with Crippen LogP contribution in [0.1, 0.15) is 16.7 Å². The minimum Gasteiger partial charge on any atom is -0.497 e. The van der Waals surface area contributed by atoms with E-state index >= 15 is 0 Å². The molecular formula is C26H23N5O3. The lowest BCUT2D eigenvalue weighted by Crippen LogP contribution is -2.34. The molecule has 0 unspecified atom stereocenters. The van der Waals surface area contributed by atoms with Crippen molar-refractivity contribution in [1.82, 2.24) is 20.6 Å². The molecule has 34 heavy (non-hydrogen) atoms. The Morgan fingerprint density at radius 3 is 2.68 bits per heavy atom. The number of H-pyrrole nitrogens is 1. The van der Waals surface area contributed by atoms with E-state index in [4.69, 9.17) is 4.74 Å². The van der Waals surface area contributed by atoms with Gasteiger partial charge in [-0.2, -0.15) is 0 Å². The van der Waals surface area contributed by atoms with E-state index in [2.05, 4.69) is 37.8 Å². The van der Waals surface area contributed by atoms with E-state index in [9.17, 15) is 9.59 Å². The highest BCUT2D eigenvalue weighted by atomic mass is 16.5. The quantitative estimate of drug-likeness (QED) is 0.335. The number of hydrogen-bond donors (Lipinski definition) is 4. The van der Waals surface area contributed by atoms with Crippen LogP contribution in [-0.2, 0) is 17.9 Å². The summed E-state index contributed by atoms with van der Waals surface area (Å²) in [6, 6.07) is 17.9. The number of rotatable bonds is 6. The van der Waals surface area contributed by atoms with Gasteiger partial charge in [0.25, 0.3) is 0 Å². The van der Waals surface area contributed by atoms with Crippen molar-refractivity contribution in [2.45, 2.75) is 13.1 Å². The summed E-state index contributed by atoms with van der Waals surface area (Å²) in [5.41, 5.74) is 3.91. The van der Waals surface area contributed by atoms with E-state index in [-0.39, 0.29) is 6.03 Å². The van der Waals surface area contributed by atoms with Gasteiger partial charge in [-0.05, 0) is 59.7 Å². The third-order valence-corrected chi connectivity index (χ3v) is 5.04. The van der Waals surface area contributed by atoms with E-state index in [0.717, 1.165) is 27.9 Å². The van der Waals surface area contributed by atoms with Crippen molar-refractivity contribution in [3.63, 3.8) is 0 Å². The summed E-state index contributed by atoms with van der Waals surface area (Å²) in [6.45, 7) is 0.689. The first kappa shape index (κ1) is 22.4. The molecule has 0 spiro atoms. The fourth-order valence-corrected chi connectivity index (χ4v) is 3.32. The molecule has 4 aromatic rings. The fraction of sp³-hybridized carbons (Fsp3) is 0.115. The molecule has 4 N–H and O–H groups in total. The molecule has 170 valence electrons. The summed E-state index contributed by atoms with van der Waals surface area (Å²) in [4.78, 5) is 31.7. The summed E-state index contributed by atoms with van der Waals surface area (Å²) in [5.74, 6) is 5.69. The van der Waals surface area contributed by atoms with Crippen LogP contribution < -0.4 is 20.7 Å². The van der Waals surface area contributed by atoms with Crippen molar-refractivity contribution in [2.75, 3.05) is 12.4 Å². The van der Waals surface area contributed by atoms with E-state index in [1.54, 1.807) is 55.8 Å². The highest BCUT2D eigenvalue weighted by Crippen LogP contribution is 2.15. The maximum absolute atomic E-state index is 12.2. The van der Waals surface area contributed by atoms with Crippen LogP contribution in [-0.4, -0.2) is 29.0 Å². The van der Waals surface area contributed by atoms with Gasteiger partial charge >= 0.3 is 11.9 Å². The smallest absolute Gasteiger partial charge is 0.315 e. The van der Waals surface area contributed by atoms with Gasteiger partial charge in [-0.1, -0.05) is 18.1 Å². The zero-order valence-electron chi connectivity index (χ0n) is 18.5. The number of aromatic amines is 1. The number of pyridine rings is 1. The summed E-state index contributed by atoms with van der Waals surface area (Å²) >= 11 is 0. The molecule has 0 radical (unpaired) electrons. The molecule has 0 fully saturated rings. The lowest BCUT2D eigenvalue weighted by Gasteiger charge is -2.09. The Balaban J connectivity index is 1.27. The fourth-order valence-electron chi connectivity index (χ4n) is 3.32. The first-order chi connectivity index (χ1) is 16.6. The second-order valence-corrected chi connectivity index (χ2v) is 7.38. The van der Waals surface area contributed by atoms with Gasteiger partial charge in [-0.25, -0.2) is 9.78 Å². The zero-order chi connectivity index (χ0) is 23.8. The molecule has 8 heteroatoms. The number of carbonyl (C=O) groups excluding carboxylic acids is 2. The Kier molecular flexibility index (Phi) is 7.06. The number of methoxy groups -OCH3 is 1. The van der Waals surface area contributed by atoms with E-state index in [1.165, 1.54) is 0 Å². The summed E-state index contributed by atoms with van der Waals surface area (Å²) in [7, 11) is 1.59. The van der Waals surface area contributed by atoms with E-state index in [1.807, 2.05) is 24.4 Å². The molecule has 2 heterocycles. The molecule has 8 nitrogen and oxygen atoms in total. The van der Waals surface area contributed by atoms with Crippen molar-refractivity contribution in [3.8, 4) is 17.6 Å². The Morgan fingerprint density at radius 2 is 1.85 bits per heavy atom. The monoisotopic (exact) mass is 453 g/mol. The summed E-state index contributed by atoms with van der Waals surface area (Å²) in [6.07, 6.45) is 3.52. The number of fused-ring (bicyclic) bond motifs is 1. The van der Waals surface area contributed by atoms with Crippen LogP contribution in [0.15, 0.2) is 73.1 Å². The summed E-state index contributed by atoms with van der Waals surface area (Å²) < 4.78 is 5.10. The molecule has 0 aliphatic carbocycles. The zero-order valence-corrected chi connectivity index (χ0v) is 18.5. The van der Waals surface area contributed by atoms with Crippen LogP contribution in [0.5, 0.6) is 5.75 Å². The number of ether oxygens (including phenoxy) is 1. The molecule has 3 amide bonds. The van der Waals surface area contributed by atoms with Crippen molar-refractivity contribution in [2.24, 2.45) is 0 Å². The average molecular weight is 454 g/mol. The minimum absolute atomic E-state index is 0.291. The molecule has 0 bridgehead atoms. The number of anilines is 1. The van der Waals surface area contributed by atoms with Crippen LogP contribution >= 0.6 is 0 Å². The molecule has 0 aliphatic rings. The molecule has 0 saturated carbocycles. The Morgan fingerprint density at radius 1 is 1.03 bits per heavy atom. The lowest BCUT2D eigenvalue weighted by molar-refractivity contribution is -0.111. The van der Waals surface area contributed by atoms with Crippen LogP contribution in [0, 0.1) is 11.8 Å². The van der Waals surface area contributed by atoms with Gasteiger partial charge < -0.3 is 25.7 Å². The van der Waals surface area contributed by atoms with Gasteiger partial charge in [0.2, 0.25) is 0 Å². The van der Waals surface area contributed by atoms with E-state index in [0.29, 0.717) is 24.3 Å². The number of hydrogen-bond acceptors (Lipinski definition) is 4. The second kappa shape index (κ2) is 10.7. The van der Waals surface area contributed by atoms with Crippen molar-refractivity contribution in [1.29, 1.82) is 0 Å². The molecule has 2 aromatic heterocycles. The number of aromatic nitrogens is 2. The Labute approximate surface area is 196 Å². The molecule has 0 aliphatic heterocycles. The second-order valence-electron chi connectivity index (χ2n) is 7.38. The minimum atomic E-state index is -0.424. The maximum atomic E-state index is 12.2. The number of carbonyl (C=O) groups is 2. The SMILES string of the molecule is COc1ccc(C#CC(=O)Nc2cccc(CNC(=O)NCc3ccnc4[nH]ccc34)c2)cc1. The normalized spacial score (nSPS) is 10.1. The van der Waals surface area contributed by atoms with Gasteiger partial charge in [-0.15, -0.1) is 0 Å². The highest BCUT2D eigenvalue weighted by Gasteiger charge is 2.06. The topological polar surface area (TPSA) is 108 Å². The largest absolute Gasteiger partial charge is 0.497 e. The third kappa shape index (κ3) is 5.93. The predicted molar refractivity (Wildman–Crippen MR) is 130 cm³/mol. The summed E-state index contributed by atoms with van der Waals surface area (Å²) in [5, 5.41) is 9.40. The lowest BCUT2D eigenvalue weighted by atomic mass is 10.2. The number of amides is 3. The van der Waals surface area contributed by atoms with Gasteiger partial charge in [0.1, 0.15) is 11.4 Å². The molecule has 0 saturated heterocycles. The Bertz CT molecular complexity index is 1370. The Hall–Kier alpha value is -4.77. The van der Waals surface area contributed by atoms with Crippen molar-refractivity contribution >= 4 is 28.7 Å². The molecule has 0 atom stereocenters. The van der Waals surface area contributed by atoms with Crippen molar-refractivity contribution < 1.29 is 14.3 Å². The maximum Gasteiger partial charge on any atom is 0.315 e. The van der Waals surface area contributed by atoms with E-state index < -0.39 is 5.91 Å². The highest BCUT2D eigenvalue weighted by molar-refractivity contribution is 6.04. The molecular weight excluding hydrogens is 430 g/mol. The van der Waals surface area contributed by atoms with Crippen molar-refractivity contribution in [3.05, 3.63) is 89.7 Å². The first-order valence-corrected chi connectivity index (χ1v) is 10.6. The first-order valence-electron chi connectivity index (χ1n) is 10.6. The number of urea groups is 1. The number of nitrogens with one attached hydrogen (secondary N) is 4. The molecule has 4 rings (SSSR count).